The van der Waals surface area contributed by atoms with Gasteiger partial charge in [-0.2, -0.15) is 5.10 Å². The third-order valence-electron chi connectivity index (χ3n) is 4.55. The number of anilines is 1. The van der Waals surface area contributed by atoms with Crippen LogP contribution in [0.25, 0.3) is 5.69 Å². The number of piperazine rings is 1. The van der Waals surface area contributed by atoms with E-state index in [1.54, 1.807) is 29.3 Å². The van der Waals surface area contributed by atoms with Gasteiger partial charge in [-0.1, -0.05) is 12.1 Å². The third kappa shape index (κ3) is 4.05. The van der Waals surface area contributed by atoms with Crippen LogP contribution in [-0.2, 0) is 6.54 Å². The van der Waals surface area contributed by atoms with Crippen molar-refractivity contribution >= 4 is 12.0 Å². The number of carbonyl (C=O) groups is 1. The summed E-state index contributed by atoms with van der Waals surface area (Å²) < 4.78 is 1.80. The lowest BCUT2D eigenvalue weighted by atomic mass is 10.2. The molecular formula is C19H21N7O. The van der Waals surface area contributed by atoms with Crippen LogP contribution in [-0.4, -0.2) is 56.9 Å². The van der Waals surface area contributed by atoms with Gasteiger partial charge in [0.05, 0.1) is 5.69 Å². The molecule has 3 heterocycles. The van der Waals surface area contributed by atoms with Gasteiger partial charge in [-0.15, -0.1) is 0 Å². The van der Waals surface area contributed by atoms with E-state index in [1.165, 1.54) is 0 Å². The van der Waals surface area contributed by atoms with E-state index in [0.717, 1.165) is 30.3 Å². The van der Waals surface area contributed by atoms with E-state index in [4.69, 9.17) is 0 Å². The molecule has 0 atom stereocenters. The lowest BCUT2D eigenvalue weighted by Gasteiger charge is -2.34. The van der Waals surface area contributed by atoms with Crippen molar-refractivity contribution in [3.63, 3.8) is 0 Å². The van der Waals surface area contributed by atoms with E-state index >= 15 is 0 Å². The Bertz CT molecular complexity index is 857. The van der Waals surface area contributed by atoms with Crippen LogP contribution in [0.5, 0.6) is 0 Å². The monoisotopic (exact) mass is 363 g/mol. The van der Waals surface area contributed by atoms with Crippen LogP contribution in [0.15, 0.2) is 61.2 Å². The number of urea groups is 1. The number of aromatic nitrogens is 4. The summed E-state index contributed by atoms with van der Waals surface area (Å²) in [6.07, 6.45) is 7.12. The van der Waals surface area contributed by atoms with Crippen LogP contribution in [0.2, 0.25) is 0 Å². The van der Waals surface area contributed by atoms with Gasteiger partial charge in [0.25, 0.3) is 0 Å². The van der Waals surface area contributed by atoms with Crippen LogP contribution in [0, 0.1) is 0 Å². The number of hydrogen-bond acceptors (Lipinski definition) is 5. The Morgan fingerprint density at radius 3 is 2.37 bits per heavy atom. The lowest BCUT2D eigenvalue weighted by Crippen LogP contribution is -2.52. The van der Waals surface area contributed by atoms with Crippen LogP contribution in [0.3, 0.4) is 0 Å². The molecule has 0 bridgehead atoms. The number of hydrogen-bond donors (Lipinski definition) is 1. The summed E-state index contributed by atoms with van der Waals surface area (Å²) in [5.41, 5.74) is 2.05. The maximum Gasteiger partial charge on any atom is 0.317 e. The Morgan fingerprint density at radius 1 is 0.963 bits per heavy atom. The lowest BCUT2D eigenvalue weighted by molar-refractivity contribution is 0.193. The zero-order valence-electron chi connectivity index (χ0n) is 14.9. The molecule has 1 fully saturated rings. The van der Waals surface area contributed by atoms with E-state index in [1.807, 2.05) is 41.4 Å². The first-order chi connectivity index (χ1) is 13.3. The summed E-state index contributed by atoms with van der Waals surface area (Å²) in [6.45, 7) is 3.27. The summed E-state index contributed by atoms with van der Waals surface area (Å²) in [5.74, 6) is 0.717. The molecule has 0 spiro atoms. The fraction of sp³-hybridized carbons (Fsp3) is 0.263. The van der Waals surface area contributed by atoms with E-state index in [0.29, 0.717) is 19.6 Å². The first-order valence-electron chi connectivity index (χ1n) is 8.93. The second-order valence-electron chi connectivity index (χ2n) is 6.30. The molecule has 0 saturated carbocycles. The van der Waals surface area contributed by atoms with E-state index < -0.39 is 0 Å². The predicted octanol–water partition coefficient (Wildman–Crippen LogP) is 1.69. The van der Waals surface area contributed by atoms with Gasteiger partial charge in [0.2, 0.25) is 5.95 Å². The zero-order valence-corrected chi connectivity index (χ0v) is 14.9. The van der Waals surface area contributed by atoms with Crippen molar-refractivity contribution in [2.24, 2.45) is 0 Å². The van der Waals surface area contributed by atoms with Crippen molar-refractivity contribution in [3.8, 4) is 5.69 Å². The topological polar surface area (TPSA) is 79.2 Å². The summed E-state index contributed by atoms with van der Waals surface area (Å²) in [5, 5.41) is 7.20. The molecule has 27 heavy (non-hydrogen) atoms. The average Bonchev–Trinajstić information content (AvgIpc) is 3.28. The zero-order chi connectivity index (χ0) is 18.5. The molecule has 2 amide bonds. The Kier molecular flexibility index (Phi) is 4.95. The number of rotatable bonds is 4. The van der Waals surface area contributed by atoms with Crippen molar-refractivity contribution in [2.45, 2.75) is 6.54 Å². The van der Waals surface area contributed by atoms with E-state index in [9.17, 15) is 4.79 Å². The molecule has 138 valence electrons. The SMILES string of the molecule is O=C(NCc1ccc(-n2cccn2)cc1)N1CCN(c2ncccn2)CC1. The highest BCUT2D eigenvalue weighted by Crippen LogP contribution is 2.11. The first-order valence-corrected chi connectivity index (χ1v) is 8.93. The van der Waals surface area contributed by atoms with Crippen molar-refractivity contribution in [1.82, 2.24) is 30.0 Å². The quantitative estimate of drug-likeness (QED) is 0.763. The van der Waals surface area contributed by atoms with Crippen molar-refractivity contribution in [2.75, 3.05) is 31.1 Å². The maximum absolute atomic E-state index is 12.4. The molecule has 2 aromatic heterocycles. The number of benzene rings is 1. The molecule has 1 saturated heterocycles. The van der Waals surface area contributed by atoms with Crippen LogP contribution in [0.1, 0.15) is 5.56 Å². The molecule has 1 aromatic carbocycles. The van der Waals surface area contributed by atoms with Gasteiger partial charge in [0.15, 0.2) is 0 Å². The van der Waals surface area contributed by atoms with Crippen LogP contribution >= 0.6 is 0 Å². The molecule has 1 aliphatic rings. The maximum atomic E-state index is 12.4. The van der Waals surface area contributed by atoms with E-state index in [2.05, 4.69) is 25.3 Å². The first kappa shape index (κ1) is 17.0. The second kappa shape index (κ2) is 7.86. The normalized spacial score (nSPS) is 14.2. The smallest absolute Gasteiger partial charge is 0.317 e. The number of carbonyl (C=O) groups excluding carboxylic acids is 1. The van der Waals surface area contributed by atoms with Crippen molar-refractivity contribution in [1.29, 1.82) is 0 Å². The second-order valence-corrected chi connectivity index (χ2v) is 6.30. The Hall–Kier alpha value is -3.42. The summed E-state index contributed by atoms with van der Waals surface area (Å²) in [7, 11) is 0. The third-order valence-corrected chi connectivity index (χ3v) is 4.55. The molecule has 0 unspecified atom stereocenters. The van der Waals surface area contributed by atoms with E-state index in [-0.39, 0.29) is 6.03 Å². The molecule has 0 aliphatic carbocycles. The molecule has 1 aliphatic heterocycles. The number of amides is 2. The minimum Gasteiger partial charge on any atom is -0.337 e. The summed E-state index contributed by atoms with van der Waals surface area (Å²) in [6, 6.07) is 11.6. The Morgan fingerprint density at radius 2 is 1.70 bits per heavy atom. The number of nitrogens with one attached hydrogen (secondary N) is 1. The minimum absolute atomic E-state index is 0.0419. The standard InChI is InChI=1S/C19H21N7O/c27-19(25-13-11-24(12-14-25)18-20-7-1-8-21-18)22-15-16-3-5-17(6-4-16)26-10-2-9-23-26/h1-10H,11-15H2,(H,22,27). The molecule has 3 aromatic rings. The van der Waals surface area contributed by atoms with Gasteiger partial charge in [-0.05, 0) is 29.8 Å². The van der Waals surface area contributed by atoms with Gasteiger partial charge >= 0.3 is 6.03 Å². The molecule has 8 heteroatoms. The molecule has 0 radical (unpaired) electrons. The van der Waals surface area contributed by atoms with Gasteiger partial charge in [-0.25, -0.2) is 19.4 Å². The summed E-state index contributed by atoms with van der Waals surface area (Å²) >= 11 is 0. The average molecular weight is 363 g/mol. The highest BCUT2D eigenvalue weighted by Gasteiger charge is 2.22. The molecule has 8 nitrogen and oxygen atoms in total. The predicted molar refractivity (Wildman–Crippen MR) is 102 cm³/mol. The largest absolute Gasteiger partial charge is 0.337 e. The fourth-order valence-corrected chi connectivity index (χ4v) is 3.04. The molecule has 4 rings (SSSR count). The minimum atomic E-state index is -0.0419. The summed E-state index contributed by atoms with van der Waals surface area (Å²) in [4.78, 5) is 24.9. The van der Waals surface area contributed by atoms with Crippen molar-refractivity contribution in [3.05, 3.63) is 66.7 Å². The Balaban J connectivity index is 1.26. The van der Waals surface area contributed by atoms with Gasteiger partial charge < -0.3 is 15.1 Å². The highest BCUT2D eigenvalue weighted by atomic mass is 16.2. The van der Waals surface area contributed by atoms with Gasteiger partial charge in [0.1, 0.15) is 0 Å². The molecule has 1 N–H and O–H groups in total. The fourth-order valence-electron chi connectivity index (χ4n) is 3.04. The van der Waals surface area contributed by atoms with Crippen LogP contribution < -0.4 is 10.2 Å². The molecular weight excluding hydrogens is 342 g/mol. The highest BCUT2D eigenvalue weighted by molar-refractivity contribution is 5.74. The van der Waals surface area contributed by atoms with Crippen molar-refractivity contribution < 1.29 is 4.79 Å². The van der Waals surface area contributed by atoms with Gasteiger partial charge in [0, 0.05) is 57.5 Å². The Labute approximate surface area is 157 Å². The van der Waals surface area contributed by atoms with Gasteiger partial charge in [-0.3, -0.25) is 0 Å². The van der Waals surface area contributed by atoms with Crippen LogP contribution in [0.4, 0.5) is 10.7 Å². The number of nitrogens with zero attached hydrogens (tertiary/aromatic N) is 6.